The molecule has 2 N–H and O–H groups in total. The lowest BCUT2D eigenvalue weighted by atomic mass is 10.1. The zero-order valence-electron chi connectivity index (χ0n) is 16.1. The molecule has 0 bridgehead atoms. The highest BCUT2D eigenvalue weighted by Crippen LogP contribution is 2.20. The summed E-state index contributed by atoms with van der Waals surface area (Å²) in [6.45, 7) is 8.47. The largest absolute Gasteiger partial charge is 0.390 e. The Hall–Kier alpha value is -2.51. The van der Waals surface area contributed by atoms with Gasteiger partial charge in [-0.2, -0.15) is 5.10 Å². The molecule has 1 aliphatic heterocycles. The van der Waals surface area contributed by atoms with Gasteiger partial charge in [0.15, 0.2) is 5.82 Å². The number of nitrogens with one attached hydrogen (secondary N) is 1. The number of rotatable bonds is 6. The molecule has 7 nitrogen and oxygen atoms in total. The summed E-state index contributed by atoms with van der Waals surface area (Å²) in [6, 6.07) is 9.99. The van der Waals surface area contributed by atoms with Crippen LogP contribution in [0.25, 0.3) is 0 Å². The average Bonchev–Trinajstić information content (AvgIpc) is 2.61. The van der Waals surface area contributed by atoms with E-state index >= 15 is 0 Å². The molecule has 2 aromatic rings. The van der Waals surface area contributed by atoms with Gasteiger partial charge in [-0.05, 0) is 26.3 Å². The zero-order valence-corrected chi connectivity index (χ0v) is 16.1. The average molecular weight is 369 g/mol. The second-order valence-electron chi connectivity index (χ2n) is 7.40. The van der Waals surface area contributed by atoms with Gasteiger partial charge in [0.1, 0.15) is 11.6 Å². The number of aromatic nitrogens is 2. The van der Waals surface area contributed by atoms with Gasteiger partial charge in [0.25, 0.3) is 0 Å². The summed E-state index contributed by atoms with van der Waals surface area (Å²) in [4.78, 5) is 11.3. The monoisotopic (exact) mass is 369 g/mol. The maximum atomic E-state index is 10.2. The molecule has 144 valence electrons. The summed E-state index contributed by atoms with van der Waals surface area (Å²) in [5, 5.41) is 14.5. The lowest BCUT2D eigenvalue weighted by molar-refractivity contribution is 0.0788. The highest BCUT2D eigenvalue weighted by molar-refractivity contribution is 5.80. The van der Waals surface area contributed by atoms with Crippen LogP contribution in [0.3, 0.4) is 0 Å². The van der Waals surface area contributed by atoms with Gasteiger partial charge < -0.3 is 14.7 Å². The summed E-state index contributed by atoms with van der Waals surface area (Å²) >= 11 is 0. The first-order chi connectivity index (χ1) is 12.9. The Kier molecular flexibility index (Phi) is 6.03. The van der Waals surface area contributed by atoms with E-state index < -0.39 is 5.60 Å². The molecule has 1 fully saturated rings. The zero-order chi connectivity index (χ0) is 19.3. The Morgan fingerprint density at radius 1 is 1.26 bits per heavy atom. The fourth-order valence-corrected chi connectivity index (χ4v) is 2.88. The Balaban J connectivity index is 1.80. The molecular weight excluding hydrogens is 342 g/mol. The van der Waals surface area contributed by atoms with Crippen molar-refractivity contribution in [3.8, 4) is 0 Å². The van der Waals surface area contributed by atoms with E-state index in [4.69, 9.17) is 4.74 Å². The van der Waals surface area contributed by atoms with Crippen LogP contribution in [0.2, 0.25) is 0 Å². The van der Waals surface area contributed by atoms with E-state index in [-0.39, 0.29) is 0 Å². The van der Waals surface area contributed by atoms with Crippen LogP contribution in [0.1, 0.15) is 30.8 Å². The lowest BCUT2D eigenvalue weighted by Gasteiger charge is -2.28. The maximum absolute atomic E-state index is 10.2. The molecule has 2 heterocycles. The first kappa shape index (κ1) is 19.3. The molecule has 27 heavy (non-hydrogen) atoms. The van der Waals surface area contributed by atoms with Crippen LogP contribution >= 0.6 is 0 Å². The van der Waals surface area contributed by atoms with E-state index in [0.717, 1.165) is 24.5 Å². The number of hydrogen-bond acceptors (Lipinski definition) is 7. The number of hydrazone groups is 1. The van der Waals surface area contributed by atoms with Gasteiger partial charge in [-0.3, -0.25) is 5.43 Å². The normalized spacial score (nSPS) is 15.3. The van der Waals surface area contributed by atoms with Crippen LogP contribution < -0.4 is 10.3 Å². The standard InChI is InChI=1S/C20H27N5O2/c1-15-5-4-6-16(11-15)14-21-24-17-12-19(25-7-9-27-10-8-25)23-18(22-17)13-20(2,3)26/h4-6,11-12,14,26H,7-10,13H2,1-3H3,(H,22,23,24)/b21-14-. The van der Waals surface area contributed by atoms with Crippen LogP contribution in [-0.2, 0) is 11.2 Å². The number of benzene rings is 1. The van der Waals surface area contributed by atoms with Crippen molar-refractivity contribution in [1.82, 2.24) is 9.97 Å². The third-order valence-electron chi connectivity index (χ3n) is 4.12. The Morgan fingerprint density at radius 2 is 2.04 bits per heavy atom. The molecule has 0 amide bonds. The molecule has 0 atom stereocenters. The second-order valence-corrected chi connectivity index (χ2v) is 7.40. The Morgan fingerprint density at radius 3 is 2.74 bits per heavy atom. The van der Waals surface area contributed by atoms with Gasteiger partial charge in [0.05, 0.1) is 25.0 Å². The summed E-state index contributed by atoms with van der Waals surface area (Å²) in [5.74, 6) is 2.01. The van der Waals surface area contributed by atoms with Crippen LogP contribution in [0, 0.1) is 6.92 Å². The van der Waals surface area contributed by atoms with Gasteiger partial charge in [-0.1, -0.05) is 29.8 Å². The van der Waals surface area contributed by atoms with Crippen molar-refractivity contribution in [3.05, 3.63) is 47.3 Å². The smallest absolute Gasteiger partial charge is 0.152 e. The summed E-state index contributed by atoms with van der Waals surface area (Å²) < 4.78 is 5.42. The van der Waals surface area contributed by atoms with Gasteiger partial charge >= 0.3 is 0 Å². The molecule has 0 saturated carbocycles. The van der Waals surface area contributed by atoms with Crippen molar-refractivity contribution in [2.24, 2.45) is 5.10 Å². The minimum Gasteiger partial charge on any atom is -0.390 e. The molecule has 1 aromatic heterocycles. The molecule has 3 rings (SSSR count). The number of aliphatic hydroxyl groups is 1. The summed E-state index contributed by atoms with van der Waals surface area (Å²) in [5.41, 5.74) is 4.31. The predicted octanol–water partition coefficient (Wildman–Crippen LogP) is 2.38. The summed E-state index contributed by atoms with van der Waals surface area (Å²) in [7, 11) is 0. The number of aryl methyl sites for hydroxylation is 1. The number of morpholine rings is 1. The number of hydrogen-bond donors (Lipinski definition) is 2. The van der Waals surface area contributed by atoms with Crippen LogP contribution in [-0.4, -0.2) is 53.2 Å². The molecule has 0 aliphatic carbocycles. The molecule has 0 radical (unpaired) electrons. The first-order valence-electron chi connectivity index (χ1n) is 9.18. The van der Waals surface area contributed by atoms with E-state index in [1.54, 1.807) is 20.1 Å². The van der Waals surface area contributed by atoms with E-state index in [0.29, 0.717) is 31.3 Å². The van der Waals surface area contributed by atoms with Gasteiger partial charge in [-0.15, -0.1) is 0 Å². The number of ether oxygens (including phenoxy) is 1. The van der Waals surface area contributed by atoms with E-state index in [1.807, 2.05) is 31.2 Å². The fraction of sp³-hybridized carbons (Fsp3) is 0.450. The molecule has 1 saturated heterocycles. The SMILES string of the molecule is Cc1cccc(/C=N\Nc2cc(N3CCOCC3)nc(CC(C)(C)O)n2)c1. The van der Waals surface area contributed by atoms with Crippen LogP contribution in [0.4, 0.5) is 11.6 Å². The Bertz CT molecular complexity index is 795. The maximum Gasteiger partial charge on any atom is 0.152 e. The molecule has 1 aromatic carbocycles. The highest BCUT2D eigenvalue weighted by Gasteiger charge is 2.19. The van der Waals surface area contributed by atoms with Crippen molar-refractivity contribution in [1.29, 1.82) is 0 Å². The topological polar surface area (TPSA) is 82.9 Å². The van der Waals surface area contributed by atoms with Crippen molar-refractivity contribution in [2.45, 2.75) is 32.8 Å². The van der Waals surface area contributed by atoms with Gasteiger partial charge in [0.2, 0.25) is 0 Å². The van der Waals surface area contributed by atoms with Crippen molar-refractivity contribution >= 4 is 17.9 Å². The van der Waals surface area contributed by atoms with Crippen molar-refractivity contribution in [3.63, 3.8) is 0 Å². The third-order valence-corrected chi connectivity index (χ3v) is 4.12. The van der Waals surface area contributed by atoms with E-state index in [2.05, 4.69) is 31.5 Å². The van der Waals surface area contributed by atoms with E-state index in [1.165, 1.54) is 5.56 Å². The molecular formula is C20H27N5O2. The summed E-state index contributed by atoms with van der Waals surface area (Å²) in [6.07, 6.45) is 2.13. The van der Waals surface area contributed by atoms with Crippen molar-refractivity contribution < 1.29 is 9.84 Å². The minimum atomic E-state index is -0.883. The van der Waals surface area contributed by atoms with Crippen LogP contribution in [0.15, 0.2) is 35.4 Å². The molecule has 0 spiro atoms. The second kappa shape index (κ2) is 8.45. The third kappa shape index (κ3) is 6.01. The molecule has 7 heteroatoms. The van der Waals surface area contributed by atoms with E-state index in [9.17, 15) is 5.11 Å². The number of nitrogens with zero attached hydrogens (tertiary/aromatic N) is 4. The number of anilines is 2. The van der Waals surface area contributed by atoms with Crippen LogP contribution in [0.5, 0.6) is 0 Å². The van der Waals surface area contributed by atoms with Crippen molar-refractivity contribution in [2.75, 3.05) is 36.6 Å². The molecule has 1 aliphatic rings. The fourth-order valence-electron chi connectivity index (χ4n) is 2.88. The highest BCUT2D eigenvalue weighted by atomic mass is 16.5. The first-order valence-corrected chi connectivity index (χ1v) is 9.18. The quantitative estimate of drug-likeness (QED) is 0.601. The lowest BCUT2D eigenvalue weighted by Crippen LogP contribution is -2.37. The van der Waals surface area contributed by atoms with Gasteiger partial charge in [0, 0.05) is 25.6 Å². The Labute approximate surface area is 160 Å². The minimum absolute atomic E-state index is 0.363. The molecule has 0 unspecified atom stereocenters. The predicted molar refractivity (Wildman–Crippen MR) is 107 cm³/mol. The van der Waals surface area contributed by atoms with Gasteiger partial charge in [-0.25, -0.2) is 9.97 Å².